The van der Waals surface area contributed by atoms with Crippen LogP contribution in [0.15, 0.2) is 35.7 Å². The van der Waals surface area contributed by atoms with Crippen molar-refractivity contribution in [3.05, 3.63) is 63.4 Å². The number of hydrogen-bond donors (Lipinski definition) is 1. The summed E-state index contributed by atoms with van der Waals surface area (Å²) in [5.74, 6) is -0.0461. The van der Waals surface area contributed by atoms with Gasteiger partial charge in [-0.25, -0.2) is 9.67 Å². The summed E-state index contributed by atoms with van der Waals surface area (Å²) in [5.41, 5.74) is 4.74. The number of hydrogen-bond acceptors (Lipinski definition) is 4. The van der Waals surface area contributed by atoms with Crippen LogP contribution in [-0.4, -0.2) is 27.2 Å². The van der Waals surface area contributed by atoms with Gasteiger partial charge in [-0.3, -0.25) is 4.79 Å². The average Bonchev–Trinajstić information content (AvgIpc) is 3.16. The van der Waals surface area contributed by atoms with Crippen molar-refractivity contribution in [2.45, 2.75) is 33.6 Å². The van der Waals surface area contributed by atoms with Crippen LogP contribution in [0, 0.1) is 20.8 Å². The van der Waals surface area contributed by atoms with Crippen LogP contribution in [0.4, 0.5) is 0 Å². The molecular formula is C19H22N4OS. The molecule has 1 N–H and O–H groups in total. The molecule has 0 aliphatic carbocycles. The molecule has 0 radical (unpaired) electrons. The Labute approximate surface area is 151 Å². The standard InChI is InChI=1S/C19H22N4OS/c1-13-11-15(3)23(22-13)17-8-6-16(7-9-17)19(24)20-10-4-5-18-21-14(2)12-25-18/h6-9,11-12H,4-5,10H2,1-3H3,(H,20,24). The molecule has 0 aliphatic rings. The predicted molar refractivity (Wildman–Crippen MR) is 101 cm³/mol. The second kappa shape index (κ2) is 7.61. The monoisotopic (exact) mass is 354 g/mol. The summed E-state index contributed by atoms with van der Waals surface area (Å²) < 4.78 is 1.88. The maximum absolute atomic E-state index is 12.2. The molecule has 0 atom stereocenters. The molecule has 0 fully saturated rings. The van der Waals surface area contributed by atoms with Gasteiger partial charge in [0.25, 0.3) is 5.91 Å². The summed E-state index contributed by atoms with van der Waals surface area (Å²) in [5, 5.41) is 10.6. The van der Waals surface area contributed by atoms with Gasteiger partial charge in [0.2, 0.25) is 0 Å². The highest BCUT2D eigenvalue weighted by molar-refractivity contribution is 7.09. The van der Waals surface area contributed by atoms with Crippen molar-refractivity contribution in [3.63, 3.8) is 0 Å². The molecule has 0 spiro atoms. The van der Waals surface area contributed by atoms with E-state index in [0.29, 0.717) is 12.1 Å². The van der Waals surface area contributed by atoms with E-state index < -0.39 is 0 Å². The largest absolute Gasteiger partial charge is 0.352 e. The van der Waals surface area contributed by atoms with E-state index in [1.54, 1.807) is 11.3 Å². The second-order valence-corrected chi connectivity index (χ2v) is 7.07. The molecule has 0 bridgehead atoms. The lowest BCUT2D eigenvalue weighted by atomic mass is 10.2. The van der Waals surface area contributed by atoms with Crippen molar-refractivity contribution in [2.75, 3.05) is 6.54 Å². The highest BCUT2D eigenvalue weighted by Crippen LogP contribution is 2.13. The fourth-order valence-corrected chi connectivity index (χ4v) is 3.52. The Bertz CT molecular complexity index is 864. The molecule has 130 valence electrons. The van der Waals surface area contributed by atoms with Gasteiger partial charge in [0.15, 0.2) is 0 Å². The fourth-order valence-electron chi connectivity index (χ4n) is 2.71. The first-order valence-electron chi connectivity index (χ1n) is 8.36. The summed E-state index contributed by atoms with van der Waals surface area (Å²) in [6.45, 7) is 6.64. The van der Waals surface area contributed by atoms with Gasteiger partial charge in [0.05, 0.1) is 16.4 Å². The van der Waals surface area contributed by atoms with Gasteiger partial charge < -0.3 is 5.32 Å². The van der Waals surface area contributed by atoms with Crippen molar-refractivity contribution in [2.24, 2.45) is 0 Å². The van der Waals surface area contributed by atoms with Crippen molar-refractivity contribution >= 4 is 17.2 Å². The lowest BCUT2D eigenvalue weighted by Gasteiger charge is -2.07. The number of carbonyl (C=O) groups excluding carboxylic acids is 1. The molecular weight excluding hydrogens is 332 g/mol. The number of nitrogens with zero attached hydrogens (tertiary/aromatic N) is 3. The van der Waals surface area contributed by atoms with Crippen molar-refractivity contribution in [1.82, 2.24) is 20.1 Å². The van der Waals surface area contributed by atoms with Gasteiger partial charge in [-0.15, -0.1) is 11.3 Å². The van der Waals surface area contributed by atoms with Crippen LogP contribution in [0.1, 0.15) is 38.9 Å². The van der Waals surface area contributed by atoms with Gasteiger partial charge in [-0.1, -0.05) is 0 Å². The van der Waals surface area contributed by atoms with Crippen molar-refractivity contribution in [1.29, 1.82) is 0 Å². The van der Waals surface area contributed by atoms with Crippen LogP contribution < -0.4 is 5.32 Å². The Morgan fingerprint density at radius 1 is 1.16 bits per heavy atom. The second-order valence-electron chi connectivity index (χ2n) is 6.13. The van der Waals surface area contributed by atoms with Gasteiger partial charge in [0, 0.05) is 35.3 Å². The van der Waals surface area contributed by atoms with E-state index in [-0.39, 0.29) is 5.91 Å². The number of amides is 1. The molecule has 1 amide bonds. The minimum Gasteiger partial charge on any atom is -0.352 e. The smallest absolute Gasteiger partial charge is 0.251 e. The third-order valence-corrected chi connectivity index (χ3v) is 4.93. The maximum atomic E-state index is 12.2. The normalized spacial score (nSPS) is 10.8. The average molecular weight is 354 g/mol. The fraction of sp³-hybridized carbons (Fsp3) is 0.316. The van der Waals surface area contributed by atoms with E-state index in [1.807, 2.05) is 55.8 Å². The van der Waals surface area contributed by atoms with E-state index >= 15 is 0 Å². The Morgan fingerprint density at radius 3 is 2.52 bits per heavy atom. The van der Waals surface area contributed by atoms with Gasteiger partial charge in [0.1, 0.15) is 0 Å². The van der Waals surface area contributed by atoms with E-state index in [2.05, 4.69) is 20.8 Å². The first-order valence-corrected chi connectivity index (χ1v) is 9.24. The number of thiazole rings is 1. The van der Waals surface area contributed by atoms with E-state index in [4.69, 9.17) is 0 Å². The minimum atomic E-state index is -0.0461. The first kappa shape index (κ1) is 17.4. The highest BCUT2D eigenvalue weighted by atomic mass is 32.1. The maximum Gasteiger partial charge on any atom is 0.251 e. The molecule has 0 saturated carbocycles. The van der Waals surface area contributed by atoms with Crippen LogP contribution in [0.5, 0.6) is 0 Å². The SMILES string of the molecule is Cc1csc(CCCNC(=O)c2ccc(-n3nc(C)cc3C)cc2)n1. The molecule has 2 heterocycles. The molecule has 25 heavy (non-hydrogen) atoms. The van der Waals surface area contributed by atoms with Gasteiger partial charge in [-0.2, -0.15) is 5.10 Å². The Morgan fingerprint density at radius 2 is 1.92 bits per heavy atom. The molecule has 6 heteroatoms. The van der Waals surface area contributed by atoms with Crippen molar-refractivity contribution < 1.29 is 4.79 Å². The van der Waals surface area contributed by atoms with Crippen LogP contribution in [-0.2, 0) is 6.42 Å². The quantitative estimate of drug-likeness (QED) is 0.688. The van der Waals surface area contributed by atoms with E-state index in [0.717, 1.165) is 40.6 Å². The van der Waals surface area contributed by atoms with Crippen LogP contribution in [0.3, 0.4) is 0 Å². The summed E-state index contributed by atoms with van der Waals surface area (Å²) in [4.78, 5) is 16.7. The Balaban J connectivity index is 1.53. The summed E-state index contributed by atoms with van der Waals surface area (Å²) in [6, 6.07) is 9.56. The molecule has 3 rings (SSSR count). The lowest BCUT2D eigenvalue weighted by molar-refractivity contribution is 0.0953. The number of benzene rings is 1. The van der Waals surface area contributed by atoms with E-state index in [1.165, 1.54) is 0 Å². The van der Waals surface area contributed by atoms with Gasteiger partial charge >= 0.3 is 0 Å². The number of carbonyl (C=O) groups is 1. The topological polar surface area (TPSA) is 59.8 Å². The molecule has 2 aromatic heterocycles. The molecule has 0 unspecified atom stereocenters. The van der Waals surface area contributed by atoms with Gasteiger partial charge in [-0.05, 0) is 57.5 Å². The molecule has 1 aromatic carbocycles. The van der Waals surface area contributed by atoms with Crippen LogP contribution in [0.2, 0.25) is 0 Å². The van der Waals surface area contributed by atoms with Crippen LogP contribution in [0.25, 0.3) is 5.69 Å². The number of rotatable bonds is 6. The third-order valence-electron chi connectivity index (χ3n) is 3.90. The minimum absolute atomic E-state index is 0.0461. The number of aromatic nitrogens is 3. The zero-order valence-corrected chi connectivity index (χ0v) is 15.6. The summed E-state index contributed by atoms with van der Waals surface area (Å²) >= 11 is 1.68. The Hall–Kier alpha value is -2.47. The number of aryl methyl sites for hydroxylation is 4. The number of nitrogens with one attached hydrogen (secondary N) is 1. The summed E-state index contributed by atoms with van der Waals surface area (Å²) in [6.07, 6.45) is 1.79. The molecule has 5 nitrogen and oxygen atoms in total. The highest BCUT2D eigenvalue weighted by Gasteiger charge is 2.08. The third kappa shape index (κ3) is 4.33. The zero-order valence-electron chi connectivity index (χ0n) is 14.7. The lowest BCUT2D eigenvalue weighted by Crippen LogP contribution is -2.24. The van der Waals surface area contributed by atoms with Crippen LogP contribution >= 0.6 is 11.3 Å². The zero-order chi connectivity index (χ0) is 17.8. The molecule has 0 saturated heterocycles. The first-order chi connectivity index (χ1) is 12.0. The Kier molecular flexibility index (Phi) is 5.28. The molecule has 3 aromatic rings. The van der Waals surface area contributed by atoms with Crippen molar-refractivity contribution in [3.8, 4) is 5.69 Å². The van der Waals surface area contributed by atoms with E-state index in [9.17, 15) is 4.79 Å². The summed E-state index contributed by atoms with van der Waals surface area (Å²) in [7, 11) is 0. The predicted octanol–water partition coefficient (Wildman–Crippen LogP) is 3.62. The molecule has 0 aliphatic heterocycles.